The first kappa shape index (κ1) is 50.5. The zero-order valence-electron chi connectivity index (χ0n) is 49.8. The lowest BCUT2D eigenvalue weighted by atomic mass is 9.30. The van der Waals surface area contributed by atoms with Gasteiger partial charge in [0.15, 0.2) is 0 Å². The first-order chi connectivity index (χ1) is 45.1. The molecule has 0 saturated heterocycles. The van der Waals surface area contributed by atoms with Gasteiger partial charge in [0.05, 0.1) is 28.1 Å². The Morgan fingerprint density at radius 2 is 0.813 bits per heavy atom. The standard InChI is InChI=1S/C83H55B2N5O/c1-52-47-62-77-75(91-83(52)62)51-74-79-82(77)89(58-37-18-7-19-38-58)69-46-25-22-43-64(69)84(79)65-48-66-71(49-70(65)87(74)56-33-14-5-15-34-56)90(80-59(53-27-8-2-9-28-53)40-26-41-60(80)54-29-10-3-11-30-54)73-50-72-76(61-39-20-23-44-67(61)86(72)55-31-12-4-13-32-55)81-78(73)85(66)63-42-21-24-45-68(63)88(81)57-35-16-6-17-36-57/h2-51,62,83H,1H3/t62?,83-/m0/s1. The van der Waals surface area contributed by atoms with E-state index in [4.69, 9.17) is 4.74 Å². The van der Waals surface area contributed by atoms with Gasteiger partial charge in [0.2, 0.25) is 0 Å². The van der Waals surface area contributed by atoms with Crippen LogP contribution in [-0.4, -0.2) is 24.1 Å². The fourth-order valence-corrected chi connectivity index (χ4v) is 16.7. The molecule has 0 amide bonds. The number of anilines is 12. The molecule has 0 bridgehead atoms. The maximum absolute atomic E-state index is 7.23. The van der Waals surface area contributed by atoms with E-state index in [0.717, 1.165) is 90.2 Å². The van der Waals surface area contributed by atoms with Gasteiger partial charge in [-0.1, -0.05) is 218 Å². The summed E-state index contributed by atoms with van der Waals surface area (Å²) in [5.74, 6) is 1.08. The maximum Gasteiger partial charge on any atom is 0.252 e. The smallest absolute Gasteiger partial charge is 0.252 e. The minimum absolute atomic E-state index is 0.0128. The van der Waals surface area contributed by atoms with E-state index in [0.29, 0.717) is 0 Å². The molecule has 1 aliphatic carbocycles. The lowest BCUT2D eigenvalue weighted by Gasteiger charge is -2.48. The van der Waals surface area contributed by atoms with E-state index in [1.807, 2.05) is 0 Å². The molecule has 424 valence electrons. The van der Waals surface area contributed by atoms with Crippen LogP contribution in [0.3, 0.4) is 0 Å². The van der Waals surface area contributed by atoms with Gasteiger partial charge >= 0.3 is 0 Å². The highest BCUT2D eigenvalue weighted by molar-refractivity contribution is 7.03. The van der Waals surface area contributed by atoms with Gasteiger partial charge < -0.3 is 28.9 Å². The zero-order valence-corrected chi connectivity index (χ0v) is 49.8. The molecule has 14 aromatic rings. The van der Waals surface area contributed by atoms with Crippen molar-refractivity contribution in [3.8, 4) is 33.7 Å². The molecule has 8 heteroatoms. The molecule has 6 nitrogen and oxygen atoms in total. The highest BCUT2D eigenvalue weighted by Gasteiger charge is 2.53. The van der Waals surface area contributed by atoms with E-state index in [1.165, 1.54) is 77.4 Å². The number of hydrogen-bond donors (Lipinski definition) is 0. The number of aromatic nitrogens is 1. The summed E-state index contributed by atoms with van der Waals surface area (Å²) in [6.45, 7) is 1.85. The van der Waals surface area contributed by atoms with Crippen molar-refractivity contribution in [2.75, 3.05) is 19.6 Å². The lowest BCUT2D eigenvalue weighted by Crippen LogP contribution is -2.65. The summed E-state index contributed by atoms with van der Waals surface area (Å²) in [5.41, 5.74) is 31.8. The number of nitrogens with zero attached hydrogens (tertiary/aromatic N) is 5. The normalized spacial score (nSPS) is 15.8. The Bertz CT molecular complexity index is 5330. The van der Waals surface area contributed by atoms with Gasteiger partial charge in [-0.25, -0.2) is 0 Å². The topological polar surface area (TPSA) is 27.1 Å². The Morgan fingerprint density at radius 1 is 0.341 bits per heavy atom. The predicted octanol–water partition coefficient (Wildman–Crippen LogP) is 17.1. The fraction of sp³-hybridized carbons (Fsp3) is 0.0361. The van der Waals surface area contributed by atoms with Crippen LogP contribution >= 0.6 is 0 Å². The SMILES string of the molecule is CC1=CC2c3c(cc4c5c3N(c3ccccc3)c3ccccc3B5c3cc5c(cc3N4c3ccccc3)N(c3c(-c4ccccc4)cccc3-c3ccccc3)c3cc4c(c6c3B5c3ccccc3N6c3ccccc3)c3ccccc3n4-c3ccccc3)O[C@@H]12. The second-order valence-electron chi connectivity index (χ2n) is 25.0. The van der Waals surface area contributed by atoms with Crippen molar-refractivity contribution < 1.29 is 4.74 Å². The zero-order chi connectivity index (χ0) is 59.6. The molecule has 20 rings (SSSR count). The van der Waals surface area contributed by atoms with Crippen LogP contribution in [0.4, 0.5) is 68.2 Å². The lowest BCUT2D eigenvalue weighted by molar-refractivity contribution is 0.236. The van der Waals surface area contributed by atoms with Crippen molar-refractivity contribution in [2.24, 2.45) is 0 Å². The van der Waals surface area contributed by atoms with Gasteiger partial charge in [0.1, 0.15) is 11.9 Å². The van der Waals surface area contributed by atoms with Crippen LogP contribution in [0.2, 0.25) is 0 Å². The van der Waals surface area contributed by atoms with E-state index < -0.39 is 0 Å². The first-order valence-corrected chi connectivity index (χ1v) is 31.8. The largest absolute Gasteiger partial charge is 0.485 e. The van der Waals surface area contributed by atoms with Crippen molar-refractivity contribution >= 4 is 136 Å². The Morgan fingerprint density at radius 3 is 1.40 bits per heavy atom. The molecule has 0 spiro atoms. The third-order valence-electron chi connectivity index (χ3n) is 20.3. The van der Waals surface area contributed by atoms with E-state index in [-0.39, 0.29) is 25.4 Å². The summed E-state index contributed by atoms with van der Waals surface area (Å²) < 4.78 is 9.74. The molecule has 0 fully saturated rings. The Kier molecular flexibility index (Phi) is 10.7. The van der Waals surface area contributed by atoms with Crippen molar-refractivity contribution in [1.82, 2.24) is 4.57 Å². The first-order valence-electron chi connectivity index (χ1n) is 31.8. The molecule has 91 heavy (non-hydrogen) atoms. The summed E-state index contributed by atoms with van der Waals surface area (Å²) in [6.07, 6.45) is 2.43. The molecule has 13 aromatic carbocycles. The second kappa shape index (κ2) is 19.3. The number of fused-ring (bicyclic) bond motifs is 16. The molecule has 0 saturated carbocycles. The van der Waals surface area contributed by atoms with Crippen molar-refractivity contribution in [3.05, 3.63) is 314 Å². The van der Waals surface area contributed by atoms with Crippen LogP contribution in [0.15, 0.2) is 309 Å². The number of benzene rings is 13. The summed E-state index contributed by atoms with van der Waals surface area (Å²) in [5, 5.41) is 2.42. The monoisotopic (exact) mass is 1160 g/mol. The summed E-state index contributed by atoms with van der Waals surface area (Å²) in [4.78, 5) is 10.4. The number of para-hydroxylation sites is 8. The van der Waals surface area contributed by atoms with Crippen LogP contribution in [0.25, 0.3) is 49.7 Å². The third kappa shape index (κ3) is 7.04. The van der Waals surface area contributed by atoms with Crippen LogP contribution in [0.5, 0.6) is 5.75 Å². The maximum atomic E-state index is 7.23. The Balaban J connectivity index is 0.983. The molecule has 1 unspecified atom stereocenters. The summed E-state index contributed by atoms with van der Waals surface area (Å²) >= 11 is 0. The minimum Gasteiger partial charge on any atom is -0.485 e. The number of rotatable bonds is 7. The predicted molar refractivity (Wildman–Crippen MR) is 381 cm³/mol. The number of ether oxygens (including phenoxy) is 1. The van der Waals surface area contributed by atoms with Crippen LogP contribution in [-0.2, 0) is 0 Å². The molecule has 0 N–H and O–H groups in total. The number of hydrogen-bond acceptors (Lipinski definition) is 5. The van der Waals surface area contributed by atoms with Crippen LogP contribution < -0.4 is 57.1 Å². The fourth-order valence-electron chi connectivity index (χ4n) is 16.7. The summed E-state index contributed by atoms with van der Waals surface area (Å²) in [6, 6.07) is 111. The average Bonchev–Trinajstić information content (AvgIpc) is 1.59. The minimum atomic E-state index is -0.215. The van der Waals surface area contributed by atoms with E-state index in [2.05, 4.69) is 334 Å². The molecular weight excluding hydrogens is 1100 g/mol. The Hall–Kier alpha value is -11.5. The molecule has 6 heterocycles. The van der Waals surface area contributed by atoms with Crippen molar-refractivity contribution in [1.29, 1.82) is 0 Å². The quantitative estimate of drug-likeness (QED) is 0.117. The van der Waals surface area contributed by atoms with E-state index in [9.17, 15) is 0 Å². The van der Waals surface area contributed by atoms with Crippen molar-refractivity contribution in [3.63, 3.8) is 0 Å². The Labute approximate surface area is 529 Å². The molecule has 1 aromatic heterocycles. The third-order valence-corrected chi connectivity index (χ3v) is 20.3. The van der Waals surface area contributed by atoms with Gasteiger partial charge in [-0.15, -0.1) is 0 Å². The van der Waals surface area contributed by atoms with Crippen LogP contribution in [0, 0.1) is 0 Å². The molecular formula is C83H55B2N5O. The van der Waals surface area contributed by atoms with Gasteiger partial charge in [-0.2, -0.15) is 0 Å². The average molecular weight is 1160 g/mol. The summed E-state index contributed by atoms with van der Waals surface area (Å²) in [7, 11) is 0. The molecule has 6 aliphatic rings. The molecule has 2 atom stereocenters. The molecule has 5 aliphatic heterocycles. The molecule has 0 radical (unpaired) electrons. The highest BCUT2D eigenvalue weighted by Crippen LogP contribution is 2.59. The van der Waals surface area contributed by atoms with E-state index in [1.54, 1.807) is 0 Å². The van der Waals surface area contributed by atoms with Crippen LogP contribution in [0.1, 0.15) is 18.4 Å². The highest BCUT2D eigenvalue weighted by atomic mass is 16.5. The van der Waals surface area contributed by atoms with Gasteiger partial charge in [0, 0.05) is 96.3 Å². The van der Waals surface area contributed by atoms with Crippen molar-refractivity contribution in [2.45, 2.75) is 18.9 Å². The van der Waals surface area contributed by atoms with Gasteiger partial charge in [0.25, 0.3) is 13.4 Å². The van der Waals surface area contributed by atoms with Gasteiger partial charge in [-0.05, 0) is 135 Å². The second-order valence-corrected chi connectivity index (χ2v) is 25.0. The van der Waals surface area contributed by atoms with E-state index >= 15 is 0 Å². The van der Waals surface area contributed by atoms with Gasteiger partial charge in [-0.3, -0.25) is 0 Å².